The smallest absolute Gasteiger partial charge is 0.368 e. The monoisotopic (exact) mass is 374 g/mol. The average molecular weight is 374 g/mol. The number of pyridine rings is 1. The van der Waals surface area contributed by atoms with Crippen molar-refractivity contribution in [1.82, 2.24) is 24.6 Å². The maximum atomic E-state index is 13.3. The molecule has 4 rings (SSSR count). The van der Waals surface area contributed by atoms with Crippen molar-refractivity contribution in [1.29, 1.82) is 0 Å². The number of fused-ring (bicyclic) bond motifs is 1. The zero-order chi connectivity index (χ0) is 19.2. The first-order valence-electron chi connectivity index (χ1n) is 7.63. The van der Waals surface area contributed by atoms with Crippen LogP contribution in [0, 0.1) is 5.82 Å². The van der Waals surface area contributed by atoms with Gasteiger partial charge in [0.25, 0.3) is 0 Å². The van der Waals surface area contributed by atoms with Gasteiger partial charge in [-0.2, -0.15) is 22.8 Å². The van der Waals surface area contributed by atoms with E-state index in [2.05, 4.69) is 20.1 Å². The highest BCUT2D eigenvalue weighted by atomic mass is 19.4. The number of hydrogen-bond acceptors (Lipinski definition) is 5. The van der Waals surface area contributed by atoms with Crippen molar-refractivity contribution in [3.05, 3.63) is 60.4 Å². The fourth-order valence-electron chi connectivity index (χ4n) is 2.73. The Balaban J connectivity index is 2.04. The van der Waals surface area contributed by atoms with E-state index in [-0.39, 0.29) is 28.4 Å². The van der Waals surface area contributed by atoms with Gasteiger partial charge >= 0.3 is 6.18 Å². The number of hydrogen-bond donors (Lipinski definition) is 1. The number of rotatable bonds is 2. The molecule has 6 nitrogen and oxygen atoms in total. The fourth-order valence-corrected chi connectivity index (χ4v) is 2.73. The van der Waals surface area contributed by atoms with E-state index >= 15 is 0 Å². The van der Waals surface area contributed by atoms with Gasteiger partial charge in [0.15, 0.2) is 5.65 Å². The molecule has 3 aromatic heterocycles. The summed E-state index contributed by atoms with van der Waals surface area (Å²) in [5, 5.41) is 3.94. The second kappa shape index (κ2) is 6.01. The van der Waals surface area contributed by atoms with E-state index in [1.807, 2.05) is 0 Å². The van der Waals surface area contributed by atoms with Crippen LogP contribution in [-0.4, -0.2) is 24.6 Å². The second-order valence-electron chi connectivity index (χ2n) is 5.62. The minimum absolute atomic E-state index is 0.00400. The van der Waals surface area contributed by atoms with Crippen LogP contribution < -0.4 is 5.73 Å². The van der Waals surface area contributed by atoms with Crippen LogP contribution in [0.4, 0.5) is 23.5 Å². The Morgan fingerprint density at radius 1 is 0.963 bits per heavy atom. The van der Waals surface area contributed by atoms with Crippen molar-refractivity contribution in [3.63, 3.8) is 0 Å². The van der Waals surface area contributed by atoms with Gasteiger partial charge in [-0.05, 0) is 42.0 Å². The standard InChI is InChI=1S/C17H10F4N6/c18-11-3-1-9(2-4-11)14-13(15-24-8-25-27(15)16(22)26-14)10-5-6-23-12(7-10)17(19,20)21/h1-8H,(H2,22,26). The fraction of sp³-hybridized carbons (Fsp3) is 0.0588. The minimum atomic E-state index is -4.61. The first-order valence-corrected chi connectivity index (χ1v) is 7.63. The van der Waals surface area contributed by atoms with Crippen LogP contribution in [0.15, 0.2) is 48.9 Å². The number of nitrogen functional groups attached to an aromatic ring is 1. The molecular formula is C17H10F4N6. The lowest BCUT2D eigenvalue weighted by atomic mass is 10.00. The highest BCUT2D eigenvalue weighted by Gasteiger charge is 2.33. The number of nitrogens with zero attached hydrogens (tertiary/aromatic N) is 5. The molecule has 136 valence electrons. The second-order valence-corrected chi connectivity index (χ2v) is 5.62. The summed E-state index contributed by atoms with van der Waals surface area (Å²) >= 11 is 0. The molecule has 0 amide bonds. The zero-order valence-corrected chi connectivity index (χ0v) is 13.4. The summed E-state index contributed by atoms with van der Waals surface area (Å²) < 4.78 is 53.8. The molecule has 4 aromatic rings. The molecule has 10 heteroatoms. The van der Waals surface area contributed by atoms with Gasteiger partial charge in [-0.15, -0.1) is 0 Å². The molecule has 0 aliphatic heterocycles. The van der Waals surface area contributed by atoms with Crippen molar-refractivity contribution >= 4 is 11.6 Å². The molecule has 0 saturated heterocycles. The number of anilines is 1. The molecule has 27 heavy (non-hydrogen) atoms. The van der Waals surface area contributed by atoms with Crippen molar-refractivity contribution < 1.29 is 17.6 Å². The van der Waals surface area contributed by atoms with Gasteiger partial charge in [0, 0.05) is 11.8 Å². The number of halogens is 4. The maximum Gasteiger partial charge on any atom is 0.433 e. The minimum Gasteiger partial charge on any atom is -0.368 e. The van der Waals surface area contributed by atoms with E-state index in [0.29, 0.717) is 5.56 Å². The average Bonchev–Trinajstić information content (AvgIpc) is 3.12. The third-order valence-electron chi connectivity index (χ3n) is 3.91. The van der Waals surface area contributed by atoms with Gasteiger partial charge < -0.3 is 5.73 Å². The molecule has 0 bridgehead atoms. The number of nitrogens with two attached hydrogens (primary N) is 1. The van der Waals surface area contributed by atoms with E-state index < -0.39 is 17.7 Å². The molecule has 0 spiro atoms. The number of aromatic nitrogens is 5. The van der Waals surface area contributed by atoms with E-state index in [1.54, 1.807) is 0 Å². The highest BCUT2D eigenvalue weighted by Crippen LogP contribution is 2.36. The summed E-state index contributed by atoms with van der Waals surface area (Å²) in [5.41, 5.74) is 6.25. The molecule has 2 N–H and O–H groups in total. The van der Waals surface area contributed by atoms with Gasteiger partial charge in [0.2, 0.25) is 5.95 Å². The Labute approximate surface area is 149 Å². The zero-order valence-electron chi connectivity index (χ0n) is 13.4. The largest absolute Gasteiger partial charge is 0.433 e. The van der Waals surface area contributed by atoms with E-state index in [4.69, 9.17) is 5.73 Å². The van der Waals surface area contributed by atoms with Crippen molar-refractivity contribution in [2.24, 2.45) is 0 Å². The van der Waals surface area contributed by atoms with E-state index in [9.17, 15) is 17.6 Å². The van der Waals surface area contributed by atoms with Crippen LogP contribution >= 0.6 is 0 Å². The molecular weight excluding hydrogens is 364 g/mol. The van der Waals surface area contributed by atoms with Crippen LogP contribution in [0.5, 0.6) is 0 Å². The van der Waals surface area contributed by atoms with Crippen molar-refractivity contribution in [3.8, 4) is 22.4 Å². The third kappa shape index (κ3) is 2.94. The Morgan fingerprint density at radius 2 is 1.70 bits per heavy atom. The molecule has 0 unspecified atom stereocenters. The normalized spacial score (nSPS) is 11.9. The SMILES string of the molecule is Nc1nc(-c2ccc(F)cc2)c(-c2ccnc(C(F)(F)F)c2)c2ncnn12. The van der Waals surface area contributed by atoms with E-state index in [1.165, 1.54) is 41.2 Å². The van der Waals surface area contributed by atoms with Gasteiger partial charge in [0.05, 0.1) is 11.3 Å². The Kier molecular flexibility index (Phi) is 3.76. The summed E-state index contributed by atoms with van der Waals surface area (Å²) in [6.07, 6.45) is -2.34. The third-order valence-corrected chi connectivity index (χ3v) is 3.91. The number of alkyl halides is 3. The molecule has 1 aromatic carbocycles. The van der Waals surface area contributed by atoms with Crippen LogP contribution in [0.25, 0.3) is 28.0 Å². The summed E-state index contributed by atoms with van der Waals surface area (Å²) in [7, 11) is 0. The van der Waals surface area contributed by atoms with Crippen LogP contribution in [0.2, 0.25) is 0 Å². The molecule has 0 fully saturated rings. The first-order chi connectivity index (χ1) is 12.8. The van der Waals surface area contributed by atoms with E-state index in [0.717, 1.165) is 12.3 Å². The van der Waals surface area contributed by atoms with Crippen LogP contribution in [0.3, 0.4) is 0 Å². The molecule has 0 radical (unpaired) electrons. The topological polar surface area (TPSA) is 82.0 Å². The van der Waals surface area contributed by atoms with Gasteiger partial charge in [0.1, 0.15) is 17.8 Å². The molecule has 3 heterocycles. The van der Waals surface area contributed by atoms with Crippen molar-refractivity contribution in [2.75, 3.05) is 5.73 Å². The lowest BCUT2D eigenvalue weighted by Crippen LogP contribution is -2.09. The van der Waals surface area contributed by atoms with Crippen LogP contribution in [0.1, 0.15) is 5.69 Å². The number of benzene rings is 1. The molecule has 0 atom stereocenters. The maximum absolute atomic E-state index is 13.3. The Morgan fingerprint density at radius 3 is 2.41 bits per heavy atom. The summed E-state index contributed by atoms with van der Waals surface area (Å²) in [5.74, 6) is -0.462. The highest BCUT2D eigenvalue weighted by molar-refractivity contribution is 5.90. The van der Waals surface area contributed by atoms with Crippen molar-refractivity contribution in [2.45, 2.75) is 6.18 Å². The quantitative estimate of drug-likeness (QED) is 0.542. The summed E-state index contributed by atoms with van der Waals surface area (Å²) in [6, 6.07) is 7.66. The lowest BCUT2D eigenvalue weighted by Gasteiger charge is -2.13. The van der Waals surface area contributed by atoms with Gasteiger partial charge in [-0.3, -0.25) is 4.98 Å². The molecule has 0 aliphatic carbocycles. The van der Waals surface area contributed by atoms with Gasteiger partial charge in [-0.25, -0.2) is 14.4 Å². The predicted molar refractivity (Wildman–Crippen MR) is 88.8 cm³/mol. The molecule has 0 aliphatic rings. The lowest BCUT2D eigenvalue weighted by molar-refractivity contribution is -0.141. The summed E-state index contributed by atoms with van der Waals surface area (Å²) in [6.45, 7) is 0. The van der Waals surface area contributed by atoms with Gasteiger partial charge in [-0.1, -0.05) is 0 Å². The predicted octanol–water partition coefficient (Wildman–Crippen LogP) is 3.59. The van der Waals surface area contributed by atoms with Crippen LogP contribution in [-0.2, 0) is 6.18 Å². The summed E-state index contributed by atoms with van der Waals surface area (Å²) in [4.78, 5) is 11.7. The Bertz CT molecular complexity index is 1130. The Hall–Kier alpha value is -3.56. The molecule has 0 saturated carbocycles. The first kappa shape index (κ1) is 16.9.